The number of carbonyl (C=O) groups is 2. The maximum absolute atomic E-state index is 12.3. The standard InChI is InChI=1S/C18H17N5O6/c24-17-11-21(6-5-19-17)14-3-1-12(2-4-14)10-20-18(25)13-7-15(22(26)27)9-16(8-13)23(28)29/h1-4,7-9H,5-6,10-11H2,(H,19,24)(H,20,25). The maximum Gasteiger partial charge on any atom is 0.277 e. The lowest BCUT2D eigenvalue weighted by molar-refractivity contribution is -0.394. The smallest absolute Gasteiger partial charge is 0.277 e. The van der Waals surface area contributed by atoms with Crippen molar-refractivity contribution >= 4 is 28.9 Å². The van der Waals surface area contributed by atoms with Crippen molar-refractivity contribution in [1.82, 2.24) is 10.6 Å². The van der Waals surface area contributed by atoms with E-state index in [1.165, 1.54) is 0 Å². The number of carbonyl (C=O) groups excluding carboxylic acids is 2. The van der Waals surface area contributed by atoms with Crippen molar-refractivity contribution in [2.24, 2.45) is 0 Å². The molecule has 0 aliphatic carbocycles. The number of anilines is 1. The molecule has 1 aliphatic heterocycles. The van der Waals surface area contributed by atoms with Crippen molar-refractivity contribution in [3.63, 3.8) is 0 Å². The minimum absolute atomic E-state index is 0.0429. The van der Waals surface area contributed by atoms with Crippen LogP contribution in [0.2, 0.25) is 0 Å². The summed E-state index contributed by atoms with van der Waals surface area (Å²) in [5.41, 5.74) is 0.424. The van der Waals surface area contributed by atoms with Crippen molar-refractivity contribution < 1.29 is 19.4 Å². The second-order valence-corrected chi connectivity index (χ2v) is 6.37. The van der Waals surface area contributed by atoms with Crippen molar-refractivity contribution in [1.29, 1.82) is 0 Å². The first-order chi connectivity index (χ1) is 13.8. The van der Waals surface area contributed by atoms with E-state index in [1.807, 2.05) is 17.0 Å². The molecule has 0 spiro atoms. The number of non-ortho nitro benzene ring substituents is 2. The van der Waals surface area contributed by atoms with Crippen molar-refractivity contribution in [2.75, 3.05) is 24.5 Å². The third-order valence-corrected chi connectivity index (χ3v) is 4.38. The van der Waals surface area contributed by atoms with Crippen LogP contribution in [0.3, 0.4) is 0 Å². The van der Waals surface area contributed by atoms with Crippen LogP contribution in [-0.4, -0.2) is 41.3 Å². The predicted molar refractivity (Wildman–Crippen MR) is 103 cm³/mol. The zero-order valence-corrected chi connectivity index (χ0v) is 15.2. The molecule has 2 aromatic carbocycles. The van der Waals surface area contributed by atoms with Crippen LogP contribution in [0.5, 0.6) is 0 Å². The number of hydrogen-bond donors (Lipinski definition) is 2. The average Bonchev–Trinajstić information content (AvgIpc) is 2.72. The predicted octanol–water partition coefficient (Wildman–Crippen LogP) is 1.37. The van der Waals surface area contributed by atoms with Gasteiger partial charge in [-0.3, -0.25) is 29.8 Å². The third kappa shape index (κ3) is 4.83. The summed E-state index contributed by atoms with van der Waals surface area (Å²) in [6.07, 6.45) is 0. The highest BCUT2D eigenvalue weighted by Crippen LogP contribution is 2.23. The van der Waals surface area contributed by atoms with Gasteiger partial charge in [0.2, 0.25) is 5.91 Å². The molecular formula is C18H17N5O6. The molecule has 150 valence electrons. The van der Waals surface area contributed by atoms with E-state index in [9.17, 15) is 29.8 Å². The number of benzene rings is 2. The summed E-state index contributed by atoms with van der Waals surface area (Å²) in [5, 5.41) is 27.2. The number of nitro groups is 2. The molecule has 2 amide bonds. The molecule has 1 saturated heterocycles. The summed E-state index contributed by atoms with van der Waals surface area (Å²) in [6, 6.07) is 10.0. The van der Waals surface area contributed by atoms with Gasteiger partial charge in [-0.1, -0.05) is 12.1 Å². The van der Waals surface area contributed by atoms with Crippen molar-refractivity contribution in [3.05, 3.63) is 73.8 Å². The normalized spacial score (nSPS) is 13.5. The lowest BCUT2D eigenvalue weighted by atomic mass is 10.1. The van der Waals surface area contributed by atoms with Crippen LogP contribution >= 0.6 is 0 Å². The molecule has 29 heavy (non-hydrogen) atoms. The number of hydrogen-bond acceptors (Lipinski definition) is 7. The minimum atomic E-state index is -0.788. The Labute approximate surface area is 164 Å². The van der Waals surface area contributed by atoms with Gasteiger partial charge >= 0.3 is 0 Å². The maximum atomic E-state index is 12.3. The first kappa shape index (κ1) is 19.7. The summed E-state index contributed by atoms with van der Waals surface area (Å²) in [4.78, 5) is 46.0. The Morgan fingerprint density at radius 2 is 1.69 bits per heavy atom. The Kier molecular flexibility index (Phi) is 5.67. The highest BCUT2D eigenvalue weighted by Gasteiger charge is 2.20. The lowest BCUT2D eigenvalue weighted by Crippen LogP contribution is -2.47. The number of nitro benzene ring substituents is 2. The van der Waals surface area contributed by atoms with E-state index < -0.39 is 27.1 Å². The Morgan fingerprint density at radius 1 is 1.07 bits per heavy atom. The Hall–Kier alpha value is -4.02. The molecule has 0 saturated carbocycles. The summed E-state index contributed by atoms with van der Waals surface area (Å²) >= 11 is 0. The number of piperazine rings is 1. The van der Waals surface area contributed by atoms with Gasteiger partial charge in [-0.25, -0.2) is 0 Å². The first-order valence-corrected chi connectivity index (χ1v) is 8.66. The van der Waals surface area contributed by atoms with Crippen LogP contribution in [-0.2, 0) is 11.3 Å². The molecule has 0 bridgehead atoms. The zero-order valence-electron chi connectivity index (χ0n) is 15.2. The van der Waals surface area contributed by atoms with Crippen LogP contribution in [0, 0.1) is 20.2 Å². The van der Waals surface area contributed by atoms with E-state index >= 15 is 0 Å². The fourth-order valence-electron chi connectivity index (χ4n) is 2.91. The molecule has 0 atom stereocenters. The monoisotopic (exact) mass is 399 g/mol. The highest BCUT2D eigenvalue weighted by molar-refractivity contribution is 5.95. The number of amides is 2. The van der Waals surface area contributed by atoms with E-state index in [2.05, 4.69) is 10.6 Å². The second-order valence-electron chi connectivity index (χ2n) is 6.37. The molecule has 2 aromatic rings. The summed E-state index contributed by atoms with van der Waals surface area (Å²) in [5.74, 6) is -0.702. The third-order valence-electron chi connectivity index (χ3n) is 4.38. The topological polar surface area (TPSA) is 148 Å². The average molecular weight is 399 g/mol. The van der Waals surface area contributed by atoms with Gasteiger partial charge in [-0.2, -0.15) is 0 Å². The van der Waals surface area contributed by atoms with Crippen molar-refractivity contribution in [3.8, 4) is 0 Å². The first-order valence-electron chi connectivity index (χ1n) is 8.66. The highest BCUT2D eigenvalue weighted by atomic mass is 16.6. The Balaban J connectivity index is 1.67. The van der Waals surface area contributed by atoms with Crippen LogP contribution < -0.4 is 15.5 Å². The molecule has 2 N–H and O–H groups in total. The lowest BCUT2D eigenvalue weighted by Gasteiger charge is -2.28. The van der Waals surface area contributed by atoms with E-state index in [0.717, 1.165) is 29.4 Å². The Bertz CT molecular complexity index is 943. The molecule has 0 unspecified atom stereocenters. The fraction of sp³-hybridized carbons (Fsp3) is 0.222. The van der Waals surface area contributed by atoms with Gasteiger partial charge in [0.15, 0.2) is 0 Å². The summed E-state index contributed by atoms with van der Waals surface area (Å²) < 4.78 is 0. The quantitative estimate of drug-likeness (QED) is 0.550. The van der Waals surface area contributed by atoms with Crippen molar-refractivity contribution in [2.45, 2.75) is 6.54 Å². The van der Waals surface area contributed by atoms with E-state index in [-0.39, 0.29) is 24.6 Å². The molecule has 1 heterocycles. The van der Waals surface area contributed by atoms with Gasteiger partial charge in [0.25, 0.3) is 17.3 Å². The molecule has 1 aliphatic rings. The molecule has 11 heteroatoms. The number of nitrogens with zero attached hydrogens (tertiary/aromatic N) is 3. The summed E-state index contributed by atoms with van der Waals surface area (Å²) in [6.45, 7) is 1.69. The van der Waals surface area contributed by atoms with Gasteiger partial charge in [0, 0.05) is 37.5 Å². The molecule has 0 aromatic heterocycles. The largest absolute Gasteiger partial charge is 0.360 e. The van der Waals surface area contributed by atoms with Gasteiger partial charge in [0.05, 0.1) is 28.0 Å². The second kappa shape index (κ2) is 8.33. The zero-order chi connectivity index (χ0) is 21.0. The van der Waals surface area contributed by atoms with E-state index in [1.54, 1.807) is 12.1 Å². The number of rotatable bonds is 6. The molecular weight excluding hydrogens is 382 g/mol. The Morgan fingerprint density at radius 3 is 2.24 bits per heavy atom. The number of nitrogens with one attached hydrogen (secondary N) is 2. The fourth-order valence-corrected chi connectivity index (χ4v) is 2.91. The molecule has 1 fully saturated rings. The SMILES string of the molecule is O=C1CN(c2ccc(CNC(=O)c3cc([N+](=O)[O-])cc([N+](=O)[O-])c3)cc2)CCN1. The van der Waals surface area contributed by atoms with E-state index in [4.69, 9.17) is 0 Å². The van der Waals surface area contributed by atoms with Gasteiger partial charge in [-0.05, 0) is 17.7 Å². The van der Waals surface area contributed by atoms with Gasteiger partial charge < -0.3 is 15.5 Å². The molecule has 11 nitrogen and oxygen atoms in total. The molecule has 0 radical (unpaired) electrons. The van der Waals surface area contributed by atoms with Crippen LogP contribution in [0.4, 0.5) is 17.1 Å². The minimum Gasteiger partial charge on any atom is -0.360 e. The van der Waals surface area contributed by atoms with Gasteiger partial charge in [0.1, 0.15) is 0 Å². The summed E-state index contributed by atoms with van der Waals surface area (Å²) in [7, 11) is 0. The van der Waals surface area contributed by atoms with Crippen LogP contribution in [0.25, 0.3) is 0 Å². The van der Waals surface area contributed by atoms with Crippen LogP contribution in [0.1, 0.15) is 15.9 Å². The van der Waals surface area contributed by atoms with Crippen LogP contribution in [0.15, 0.2) is 42.5 Å². The van der Waals surface area contributed by atoms with E-state index in [0.29, 0.717) is 13.1 Å². The van der Waals surface area contributed by atoms with Gasteiger partial charge in [-0.15, -0.1) is 0 Å². The molecule has 3 rings (SSSR count).